The quantitative estimate of drug-likeness (QED) is 0.823. The molecule has 1 aliphatic carbocycles. The minimum Gasteiger partial charge on any atom is -0.323 e. The lowest BCUT2D eigenvalue weighted by Gasteiger charge is -2.25. The zero-order chi connectivity index (χ0) is 12.8. The predicted molar refractivity (Wildman–Crippen MR) is 73.0 cm³/mol. The molecule has 94 valence electrons. The van der Waals surface area contributed by atoms with Gasteiger partial charge in [-0.25, -0.2) is 0 Å². The SMILES string of the molecule is Cc1ccc(C(C)(C)C)cc1C(N)C1(N)CC1. The van der Waals surface area contributed by atoms with Crippen molar-refractivity contribution in [3.8, 4) is 0 Å². The van der Waals surface area contributed by atoms with E-state index in [-0.39, 0.29) is 17.0 Å². The molecule has 0 spiro atoms. The van der Waals surface area contributed by atoms with Crippen molar-refractivity contribution >= 4 is 0 Å². The summed E-state index contributed by atoms with van der Waals surface area (Å²) >= 11 is 0. The third-order valence-corrected chi connectivity index (χ3v) is 3.93. The molecule has 0 heterocycles. The Kier molecular flexibility index (Phi) is 2.83. The Labute approximate surface area is 104 Å². The smallest absolute Gasteiger partial charge is 0.0480 e. The van der Waals surface area contributed by atoms with Crippen LogP contribution in [0.3, 0.4) is 0 Å². The number of nitrogens with two attached hydrogens (primary N) is 2. The van der Waals surface area contributed by atoms with Gasteiger partial charge in [0.15, 0.2) is 0 Å². The maximum absolute atomic E-state index is 6.32. The second-order valence-corrected chi connectivity index (χ2v) is 6.53. The molecule has 0 amide bonds. The van der Waals surface area contributed by atoms with Gasteiger partial charge in [0.1, 0.15) is 0 Å². The summed E-state index contributed by atoms with van der Waals surface area (Å²) in [6.45, 7) is 8.79. The Morgan fingerprint density at radius 1 is 1.24 bits per heavy atom. The van der Waals surface area contributed by atoms with Gasteiger partial charge in [-0.3, -0.25) is 0 Å². The summed E-state index contributed by atoms with van der Waals surface area (Å²) < 4.78 is 0. The zero-order valence-electron chi connectivity index (χ0n) is 11.4. The van der Waals surface area contributed by atoms with Crippen LogP contribution in [0.25, 0.3) is 0 Å². The number of hydrogen-bond acceptors (Lipinski definition) is 2. The van der Waals surface area contributed by atoms with E-state index in [1.165, 1.54) is 16.7 Å². The summed E-state index contributed by atoms with van der Waals surface area (Å²) in [5.74, 6) is 0. The zero-order valence-corrected chi connectivity index (χ0v) is 11.4. The number of benzene rings is 1. The first-order chi connectivity index (χ1) is 7.74. The van der Waals surface area contributed by atoms with Crippen LogP contribution in [0.4, 0.5) is 0 Å². The fraction of sp³-hybridized carbons (Fsp3) is 0.600. The van der Waals surface area contributed by atoms with Crippen molar-refractivity contribution in [3.63, 3.8) is 0 Å². The van der Waals surface area contributed by atoms with Crippen LogP contribution in [0.1, 0.15) is 56.3 Å². The van der Waals surface area contributed by atoms with E-state index in [1.807, 2.05) is 0 Å². The average molecular weight is 232 g/mol. The van der Waals surface area contributed by atoms with Crippen molar-refractivity contribution in [1.82, 2.24) is 0 Å². The van der Waals surface area contributed by atoms with Crippen LogP contribution in [-0.4, -0.2) is 5.54 Å². The summed E-state index contributed by atoms with van der Waals surface area (Å²) in [4.78, 5) is 0. The van der Waals surface area contributed by atoms with Gasteiger partial charge in [-0.2, -0.15) is 0 Å². The van der Waals surface area contributed by atoms with E-state index < -0.39 is 0 Å². The normalized spacial score (nSPS) is 20.1. The number of aryl methyl sites for hydroxylation is 1. The molecule has 1 unspecified atom stereocenters. The van der Waals surface area contributed by atoms with Crippen LogP contribution in [0.2, 0.25) is 0 Å². The fourth-order valence-corrected chi connectivity index (χ4v) is 2.21. The van der Waals surface area contributed by atoms with Gasteiger partial charge in [0, 0.05) is 11.6 Å². The molecule has 1 aliphatic rings. The number of rotatable bonds is 2. The Morgan fingerprint density at radius 3 is 2.29 bits per heavy atom. The van der Waals surface area contributed by atoms with Crippen LogP contribution in [0.15, 0.2) is 18.2 Å². The highest BCUT2D eigenvalue weighted by molar-refractivity contribution is 5.39. The summed E-state index contributed by atoms with van der Waals surface area (Å²) in [6.07, 6.45) is 2.10. The number of hydrogen-bond donors (Lipinski definition) is 2. The van der Waals surface area contributed by atoms with Gasteiger partial charge in [0.05, 0.1) is 0 Å². The molecular weight excluding hydrogens is 208 g/mol. The topological polar surface area (TPSA) is 52.0 Å². The second kappa shape index (κ2) is 3.82. The summed E-state index contributed by atoms with van der Waals surface area (Å²) in [5, 5.41) is 0. The lowest BCUT2D eigenvalue weighted by molar-refractivity contribution is 0.529. The van der Waals surface area contributed by atoms with Crippen molar-refractivity contribution in [2.24, 2.45) is 11.5 Å². The Balaban J connectivity index is 2.39. The highest BCUT2D eigenvalue weighted by Gasteiger charge is 2.45. The molecule has 2 heteroatoms. The van der Waals surface area contributed by atoms with Crippen molar-refractivity contribution in [3.05, 3.63) is 34.9 Å². The average Bonchev–Trinajstić information content (AvgIpc) is 2.96. The van der Waals surface area contributed by atoms with Crippen molar-refractivity contribution < 1.29 is 0 Å². The van der Waals surface area contributed by atoms with Crippen LogP contribution in [0, 0.1) is 6.92 Å². The van der Waals surface area contributed by atoms with Crippen LogP contribution < -0.4 is 11.5 Å². The van der Waals surface area contributed by atoms with Gasteiger partial charge in [-0.1, -0.05) is 39.0 Å². The van der Waals surface area contributed by atoms with E-state index in [2.05, 4.69) is 45.9 Å². The molecule has 0 bridgehead atoms. The first-order valence-electron chi connectivity index (χ1n) is 6.39. The van der Waals surface area contributed by atoms with Crippen molar-refractivity contribution in [1.29, 1.82) is 0 Å². The van der Waals surface area contributed by atoms with E-state index in [0.29, 0.717) is 0 Å². The van der Waals surface area contributed by atoms with Gasteiger partial charge in [-0.05, 0) is 41.9 Å². The second-order valence-electron chi connectivity index (χ2n) is 6.53. The third kappa shape index (κ3) is 2.38. The highest BCUT2D eigenvalue weighted by Crippen LogP contribution is 2.43. The predicted octanol–water partition coefficient (Wildman–Crippen LogP) is 2.78. The molecule has 0 radical (unpaired) electrons. The highest BCUT2D eigenvalue weighted by atomic mass is 14.9. The molecule has 0 aromatic heterocycles. The first kappa shape index (κ1) is 12.6. The fourth-order valence-electron chi connectivity index (χ4n) is 2.21. The molecule has 1 aromatic carbocycles. The summed E-state index contributed by atoms with van der Waals surface area (Å²) in [7, 11) is 0. The minimum atomic E-state index is -0.152. The third-order valence-electron chi connectivity index (χ3n) is 3.93. The van der Waals surface area contributed by atoms with Crippen molar-refractivity contribution in [2.45, 2.75) is 57.5 Å². The molecule has 1 saturated carbocycles. The van der Waals surface area contributed by atoms with Gasteiger partial charge in [0.2, 0.25) is 0 Å². The van der Waals surface area contributed by atoms with Gasteiger partial charge >= 0.3 is 0 Å². The molecule has 17 heavy (non-hydrogen) atoms. The minimum absolute atomic E-state index is 0.0233. The molecule has 1 fully saturated rings. The molecule has 2 rings (SSSR count). The van der Waals surface area contributed by atoms with E-state index in [0.717, 1.165) is 12.8 Å². The van der Waals surface area contributed by atoms with Gasteiger partial charge in [-0.15, -0.1) is 0 Å². The molecule has 1 aromatic rings. The first-order valence-corrected chi connectivity index (χ1v) is 6.39. The largest absolute Gasteiger partial charge is 0.323 e. The Bertz CT molecular complexity index is 425. The van der Waals surface area contributed by atoms with Crippen molar-refractivity contribution in [2.75, 3.05) is 0 Å². The molecule has 4 N–H and O–H groups in total. The Morgan fingerprint density at radius 2 is 1.82 bits per heavy atom. The molecule has 2 nitrogen and oxygen atoms in total. The molecule has 0 aliphatic heterocycles. The van der Waals surface area contributed by atoms with Gasteiger partial charge < -0.3 is 11.5 Å². The van der Waals surface area contributed by atoms with Crippen LogP contribution in [0.5, 0.6) is 0 Å². The summed E-state index contributed by atoms with van der Waals surface area (Å²) in [6, 6.07) is 6.58. The molecule has 0 saturated heterocycles. The van der Waals surface area contributed by atoms with E-state index >= 15 is 0 Å². The molecular formula is C15H24N2. The van der Waals surface area contributed by atoms with Crippen LogP contribution in [-0.2, 0) is 5.41 Å². The van der Waals surface area contributed by atoms with E-state index in [9.17, 15) is 0 Å². The lowest BCUT2D eigenvalue weighted by Crippen LogP contribution is -2.36. The van der Waals surface area contributed by atoms with E-state index in [1.54, 1.807) is 0 Å². The summed E-state index contributed by atoms with van der Waals surface area (Å²) in [5.41, 5.74) is 16.4. The molecule has 1 atom stereocenters. The monoisotopic (exact) mass is 232 g/mol. The van der Waals surface area contributed by atoms with Crippen LogP contribution >= 0.6 is 0 Å². The standard InChI is InChI=1S/C15H24N2/c1-10-5-6-11(14(2,3)4)9-12(10)13(16)15(17)7-8-15/h5-6,9,13H,7-8,16-17H2,1-4H3. The maximum Gasteiger partial charge on any atom is 0.0480 e. The van der Waals surface area contributed by atoms with Gasteiger partial charge in [0.25, 0.3) is 0 Å². The van der Waals surface area contributed by atoms with E-state index in [4.69, 9.17) is 11.5 Å². The maximum atomic E-state index is 6.32. The Hall–Kier alpha value is -0.860. The lowest BCUT2D eigenvalue weighted by atomic mass is 9.83.